The lowest BCUT2D eigenvalue weighted by molar-refractivity contribution is -0.115. The van der Waals surface area contributed by atoms with Gasteiger partial charge in [0.2, 0.25) is 5.91 Å². The maximum Gasteiger partial charge on any atom is 0.231 e. The zero-order valence-corrected chi connectivity index (χ0v) is 15.2. The number of rotatable bonds is 5. The van der Waals surface area contributed by atoms with Crippen LogP contribution >= 0.6 is 15.9 Å². The van der Waals surface area contributed by atoms with E-state index in [0.29, 0.717) is 21.6 Å². The molecule has 0 aliphatic carbocycles. The average Bonchev–Trinajstić information content (AvgIpc) is 3.12. The van der Waals surface area contributed by atoms with Crippen molar-refractivity contribution in [3.63, 3.8) is 0 Å². The highest BCUT2D eigenvalue weighted by Gasteiger charge is 2.18. The summed E-state index contributed by atoms with van der Waals surface area (Å²) >= 11 is 3.32. The van der Waals surface area contributed by atoms with Crippen LogP contribution in [0.1, 0.15) is 22.6 Å². The number of halogens is 2. The number of anilines is 1. The van der Waals surface area contributed by atoms with Crippen molar-refractivity contribution in [2.45, 2.75) is 19.9 Å². The van der Waals surface area contributed by atoms with Crippen LogP contribution in [-0.4, -0.2) is 20.8 Å². The van der Waals surface area contributed by atoms with Crippen LogP contribution in [-0.2, 0) is 17.8 Å². The van der Waals surface area contributed by atoms with Crippen LogP contribution in [0, 0.1) is 24.1 Å². The Labute approximate surface area is 156 Å². The molecule has 2 aromatic heterocycles. The van der Waals surface area contributed by atoms with Crippen molar-refractivity contribution in [2.75, 3.05) is 5.32 Å². The molecule has 3 aromatic rings. The summed E-state index contributed by atoms with van der Waals surface area (Å²) in [5.41, 5.74) is 1.01. The Hall–Kier alpha value is -2.99. The van der Waals surface area contributed by atoms with Crippen molar-refractivity contribution >= 4 is 27.7 Å². The second-order valence-electron chi connectivity index (χ2n) is 5.51. The van der Waals surface area contributed by atoms with Gasteiger partial charge >= 0.3 is 0 Å². The third kappa shape index (κ3) is 3.81. The topological polar surface area (TPSA) is 96.7 Å². The van der Waals surface area contributed by atoms with Crippen molar-refractivity contribution in [3.8, 4) is 6.07 Å². The lowest BCUT2D eigenvalue weighted by Crippen LogP contribution is -2.16. The van der Waals surface area contributed by atoms with Gasteiger partial charge in [-0.1, -0.05) is 23.4 Å². The monoisotopic (exact) mass is 417 g/mol. The summed E-state index contributed by atoms with van der Waals surface area (Å²) in [4.78, 5) is 12.2. The minimum absolute atomic E-state index is 0.118. The van der Waals surface area contributed by atoms with Gasteiger partial charge < -0.3 is 9.84 Å². The van der Waals surface area contributed by atoms with Gasteiger partial charge in [-0.15, -0.1) is 0 Å². The molecule has 2 heterocycles. The molecule has 1 N–H and O–H groups in total. The molecular weight excluding hydrogens is 405 g/mol. The second-order valence-corrected chi connectivity index (χ2v) is 6.37. The van der Waals surface area contributed by atoms with Crippen molar-refractivity contribution in [1.82, 2.24) is 14.9 Å². The van der Waals surface area contributed by atoms with E-state index >= 15 is 0 Å². The Bertz CT molecular complexity index is 1000. The third-order valence-corrected chi connectivity index (χ3v) is 4.22. The molecule has 0 saturated heterocycles. The number of nitrogens with one attached hydrogen (secondary N) is 1. The van der Waals surface area contributed by atoms with Crippen molar-refractivity contribution < 1.29 is 13.7 Å². The van der Waals surface area contributed by atoms with E-state index < -0.39 is 5.91 Å². The Morgan fingerprint density at radius 2 is 2.23 bits per heavy atom. The highest BCUT2D eigenvalue weighted by atomic mass is 79.9. The van der Waals surface area contributed by atoms with E-state index in [4.69, 9.17) is 9.78 Å². The molecule has 0 aliphatic rings. The van der Waals surface area contributed by atoms with Crippen molar-refractivity contribution in [3.05, 3.63) is 63.3 Å². The number of aryl methyl sites for hydroxylation is 1. The van der Waals surface area contributed by atoms with Gasteiger partial charge in [-0.05, 0) is 28.9 Å². The number of carbonyl (C=O) groups excluding carboxylic acids is 1. The lowest BCUT2D eigenvalue weighted by Gasteiger charge is -2.03. The molecule has 0 spiro atoms. The van der Waals surface area contributed by atoms with E-state index in [1.54, 1.807) is 31.3 Å². The summed E-state index contributed by atoms with van der Waals surface area (Å²) < 4.78 is 20.7. The molecule has 0 fully saturated rings. The van der Waals surface area contributed by atoms with Crippen LogP contribution in [0.4, 0.5) is 10.2 Å². The number of aromatic nitrogens is 3. The minimum Gasteiger partial charge on any atom is -0.360 e. The minimum atomic E-state index is -0.397. The van der Waals surface area contributed by atoms with Crippen LogP contribution < -0.4 is 5.32 Å². The van der Waals surface area contributed by atoms with E-state index in [1.165, 1.54) is 10.7 Å². The fourth-order valence-electron chi connectivity index (χ4n) is 2.37. The van der Waals surface area contributed by atoms with Gasteiger partial charge in [0.15, 0.2) is 11.6 Å². The number of amides is 1. The summed E-state index contributed by atoms with van der Waals surface area (Å²) in [6.07, 6.45) is 1.52. The molecule has 3 rings (SSSR count). The quantitative estimate of drug-likeness (QED) is 0.687. The number of nitrogens with zero attached hydrogens (tertiary/aromatic N) is 4. The molecule has 9 heteroatoms. The van der Waals surface area contributed by atoms with Crippen molar-refractivity contribution in [1.29, 1.82) is 5.26 Å². The first kappa shape index (κ1) is 17.8. The number of benzene rings is 1. The summed E-state index contributed by atoms with van der Waals surface area (Å²) in [6.45, 7) is 1.83. The third-order valence-electron chi connectivity index (χ3n) is 3.64. The summed E-state index contributed by atoms with van der Waals surface area (Å²) in [7, 11) is 0. The van der Waals surface area contributed by atoms with E-state index in [-0.39, 0.29) is 30.0 Å². The molecule has 0 unspecified atom stereocenters. The SMILES string of the molecule is Cc1onc(CC(=O)Nc2nn(Cc3ccccc3F)cc2Br)c1C#N. The Balaban J connectivity index is 1.70. The molecule has 26 heavy (non-hydrogen) atoms. The van der Waals surface area contributed by atoms with Crippen LogP contribution in [0.5, 0.6) is 0 Å². The van der Waals surface area contributed by atoms with Crippen LogP contribution in [0.3, 0.4) is 0 Å². The lowest BCUT2D eigenvalue weighted by atomic mass is 10.1. The summed E-state index contributed by atoms with van der Waals surface area (Å²) in [6, 6.07) is 8.36. The van der Waals surface area contributed by atoms with E-state index in [2.05, 4.69) is 31.5 Å². The molecule has 0 radical (unpaired) electrons. The largest absolute Gasteiger partial charge is 0.360 e. The van der Waals surface area contributed by atoms with E-state index in [0.717, 1.165) is 0 Å². The van der Waals surface area contributed by atoms with Crippen LogP contribution in [0.2, 0.25) is 0 Å². The summed E-state index contributed by atoms with van der Waals surface area (Å²) in [5, 5.41) is 19.7. The predicted molar refractivity (Wildman–Crippen MR) is 93.7 cm³/mol. The maximum absolute atomic E-state index is 13.7. The number of hydrogen-bond donors (Lipinski definition) is 1. The first-order chi connectivity index (χ1) is 12.5. The van der Waals surface area contributed by atoms with E-state index in [1.807, 2.05) is 6.07 Å². The molecule has 1 aromatic carbocycles. The smallest absolute Gasteiger partial charge is 0.231 e. The average molecular weight is 418 g/mol. The molecule has 7 nitrogen and oxygen atoms in total. The molecule has 0 saturated carbocycles. The Kier molecular flexibility index (Phi) is 5.14. The van der Waals surface area contributed by atoms with Gasteiger partial charge in [0, 0.05) is 11.8 Å². The maximum atomic E-state index is 13.7. The van der Waals surface area contributed by atoms with Crippen LogP contribution in [0.25, 0.3) is 0 Å². The van der Waals surface area contributed by atoms with Crippen molar-refractivity contribution in [2.24, 2.45) is 0 Å². The number of carbonyl (C=O) groups is 1. The second kappa shape index (κ2) is 7.49. The normalized spacial score (nSPS) is 10.5. The van der Waals surface area contributed by atoms with Gasteiger partial charge in [0.25, 0.3) is 0 Å². The highest BCUT2D eigenvalue weighted by molar-refractivity contribution is 9.10. The Morgan fingerprint density at radius 3 is 2.96 bits per heavy atom. The number of nitriles is 1. The van der Waals surface area contributed by atoms with Gasteiger partial charge in [-0.25, -0.2) is 4.39 Å². The first-order valence-corrected chi connectivity index (χ1v) is 8.38. The standard InChI is InChI=1S/C17H13BrFN5O2/c1-10-12(7-20)15(23-26-10)6-16(25)21-17-13(18)9-24(22-17)8-11-4-2-3-5-14(11)19/h2-5,9H,6,8H2,1H3,(H,21,22,25). The molecule has 0 bridgehead atoms. The first-order valence-electron chi connectivity index (χ1n) is 7.59. The highest BCUT2D eigenvalue weighted by Crippen LogP contribution is 2.22. The zero-order valence-electron chi connectivity index (χ0n) is 13.7. The molecule has 0 aliphatic heterocycles. The zero-order chi connectivity index (χ0) is 18.7. The van der Waals surface area contributed by atoms with Gasteiger partial charge in [-0.2, -0.15) is 10.4 Å². The molecule has 132 valence electrons. The Morgan fingerprint density at radius 1 is 1.46 bits per heavy atom. The fourth-order valence-corrected chi connectivity index (χ4v) is 2.79. The molecular formula is C17H13BrFN5O2. The van der Waals surface area contributed by atoms with E-state index in [9.17, 15) is 9.18 Å². The van der Waals surface area contributed by atoms with Crippen LogP contribution in [0.15, 0.2) is 39.5 Å². The number of hydrogen-bond acceptors (Lipinski definition) is 5. The molecule has 1 amide bonds. The van der Waals surface area contributed by atoms with Gasteiger partial charge in [0.1, 0.15) is 23.1 Å². The predicted octanol–water partition coefficient (Wildman–Crippen LogP) is 3.18. The molecule has 0 atom stereocenters. The summed E-state index contributed by atoms with van der Waals surface area (Å²) in [5.74, 6) is -0.0579. The van der Waals surface area contributed by atoms with Gasteiger partial charge in [-0.3, -0.25) is 9.48 Å². The van der Waals surface area contributed by atoms with Gasteiger partial charge in [0.05, 0.1) is 17.4 Å². The fraction of sp³-hybridized carbons (Fsp3) is 0.176.